The number of imidazole rings is 1. The van der Waals surface area contributed by atoms with Gasteiger partial charge in [-0.2, -0.15) is 0 Å². The molecule has 1 atom stereocenters. The molecule has 82 valence electrons. The van der Waals surface area contributed by atoms with E-state index in [0.717, 1.165) is 24.2 Å². The molecule has 2 N–H and O–H groups in total. The van der Waals surface area contributed by atoms with Gasteiger partial charge in [-0.15, -0.1) is 0 Å². The van der Waals surface area contributed by atoms with Crippen molar-refractivity contribution in [1.82, 2.24) is 9.55 Å². The first-order chi connectivity index (χ1) is 7.29. The zero-order valence-corrected chi connectivity index (χ0v) is 9.37. The molecule has 0 saturated heterocycles. The first-order valence-electron chi connectivity index (χ1n) is 6.08. The second-order valence-electron chi connectivity index (χ2n) is 5.07. The van der Waals surface area contributed by atoms with Crippen LogP contribution < -0.4 is 5.73 Å². The van der Waals surface area contributed by atoms with Gasteiger partial charge in [0.2, 0.25) is 0 Å². The Morgan fingerprint density at radius 1 is 1.40 bits per heavy atom. The summed E-state index contributed by atoms with van der Waals surface area (Å²) in [7, 11) is 0. The highest BCUT2D eigenvalue weighted by Gasteiger charge is 2.31. The third-order valence-corrected chi connectivity index (χ3v) is 3.68. The predicted molar refractivity (Wildman–Crippen MR) is 59.6 cm³/mol. The fourth-order valence-corrected chi connectivity index (χ4v) is 2.72. The number of nitrogens with two attached hydrogens (primary N) is 1. The van der Waals surface area contributed by atoms with Gasteiger partial charge in [-0.3, -0.25) is 0 Å². The van der Waals surface area contributed by atoms with Crippen molar-refractivity contribution in [2.24, 2.45) is 11.7 Å². The van der Waals surface area contributed by atoms with E-state index in [9.17, 15) is 0 Å². The van der Waals surface area contributed by atoms with E-state index in [0.29, 0.717) is 6.54 Å². The summed E-state index contributed by atoms with van der Waals surface area (Å²) in [5, 5.41) is 0. The van der Waals surface area contributed by atoms with Crippen molar-refractivity contribution in [1.29, 1.82) is 0 Å². The number of fused-ring (bicyclic) bond motifs is 1. The molecule has 2 aliphatic rings. The summed E-state index contributed by atoms with van der Waals surface area (Å²) in [5.41, 5.74) is 8.61. The molecule has 0 spiro atoms. The fraction of sp³-hybridized carbons (Fsp3) is 0.750. The lowest BCUT2D eigenvalue weighted by Crippen LogP contribution is -2.14. The molecule has 1 unspecified atom stereocenters. The van der Waals surface area contributed by atoms with Gasteiger partial charge in [0, 0.05) is 11.7 Å². The molecule has 0 aliphatic heterocycles. The van der Waals surface area contributed by atoms with E-state index in [4.69, 9.17) is 10.7 Å². The molecule has 3 rings (SSSR count). The Kier molecular flexibility index (Phi) is 2.09. The van der Waals surface area contributed by atoms with Crippen LogP contribution in [-0.2, 0) is 19.4 Å². The fourth-order valence-electron chi connectivity index (χ4n) is 2.72. The van der Waals surface area contributed by atoms with Crippen LogP contribution in [0.2, 0.25) is 0 Å². The van der Waals surface area contributed by atoms with Gasteiger partial charge in [0.15, 0.2) is 0 Å². The molecule has 0 amide bonds. The summed E-state index contributed by atoms with van der Waals surface area (Å²) in [5.74, 6) is 1.92. The summed E-state index contributed by atoms with van der Waals surface area (Å²) in [6, 6.07) is 0.730. The minimum atomic E-state index is 0.595. The van der Waals surface area contributed by atoms with Crippen molar-refractivity contribution in [3.05, 3.63) is 17.2 Å². The van der Waals surface area contributed by atoms with E-state index in [-0.39, 0.29) is 0 Å². The van der Waals surface area contributed by atoms with Gasteiger partial charge < -0.3 is 10.3 Å². The second kappa shape index (κ2) is 3.34. The van der Waals surface area contributed by atoms with Crippen molar-refractivity contribution in [3.8, 4) is 0 Å². The van der Waals surface area contributed by atoms with E-state index in [1.165, 1.54) is 37.1 Å². The van der Waals surface area contributed by atoms with Gasteiger partial charge in [-0.1, -0.05) is 6.92 Å². The quantitative estimate of drug-likeness (QED) is 0.800. The lowest BCUT2D eigenvalue weighted by Gasteiger charge is -2.19. The Hall–Kier alpha value is -0.830. The van der Waals surface area contributed by atoms with E-state index < -0.39 is 0 Å². The predicted octanol–water partition coefficient (Wildman–Crippen LogP) is 1.80. The summed E-state index contributed by atoms with van der Waals surface area (Å²) in [4.78, 5) is 4.72. The van der Waals surface area contributed by atoms with Crippen molar-refractivity contribution in [2.75, 3.05) is 0 Å². The highest BCUT2D eigenvalue weighted by atomic mass is 15.2. The first-order valence-corrected chi connectivity index (χ1v) is 6.08. The second-order valence-corrected chi connectivity index (χ2v) is 5.07. The van der Waals surface area contributed by atoms with Crippen LogP contribution in [0.4, 0.5) is 0 Å². The first kappa shape index (κ1) is 9.40. The van der Waals surface area contributed by atoms with Gasteiger partial charge in [0.05, 0.1) is 12.2 Å². The standard InChI is InChI=1S/C12H19N3/c1-8-2-5-11-10(6-8)14-12(7-13)15(11)9-3-4-9/h8-9H,2-7,13H2,1H3. The molecule has 1 fully saturated rings. The highest BCUT2D eigenvalue weighted by Crippen LogP contribution is 2.39. The van der Waals surface area contributed by atoms with Crippen LogP contribution in [0.15, 0.2) is 0 Å². The van der Waals surface area contributed by atoms with E-state index in [2.05, 4.69) is 11.5 Å². The zero-order valence-electron chi connectivity index (χ0n) is 9.37. The summed E-state index contributed by atoms with van der Waals surface area (Å²) in [6.07, 6.45) is 6.33. The monoisotopic (exact) mass is 205 g/mol. The van der Waals surface area contributed by atoms with Gasteiger partial charge in [-0.05, 0) is 38.0 Å². The molecule has 0 radical (unpaired) electrons. The maximum atomic E-state index is 5.78. The van der Waals surface area contributed by atoms with Crippen LogP contribution in [0.25, 0.3) is 0 Å². The normalized spacial score (nSPS) is 25.3. The minimum absolute atomic E-state index is 0.595. The third-order valence-electron chi connectivity index (χ3n) is 3.68. The SMILES string of the molecule is CC1CCc2c(nc(CN)n2C2CC2)C1. The van der Waals surface area contributed by atoms with E-state index in [1.54, 1.807) is 0 Å². The van der Waals surface area contributed by atoms with Crippen LogP contribution >= 0.6 is 0 Å². The zero-order chi connectivity index (χ0) is 10.4. The average Bonchev–Trinajstić information content (AvgIpc) is 2.99. The Bertz CT molecular complexity index is 376. The lowest BCUT2D eigenvalue weighted by atomic mass is 9.91. The van der Waals surface area contributed by atoms with Crippen LogP contribution in [0.1, 0.15) is 49.4 Å². The van der Waals surface area contributed by atoms with Crippen LogP contribution in [0, 0.1) is 5.92 Å². The number of rotatable bonds is 2. The Morgan fingerprint density at radius 3 is 2.87 bits per heavy atom. The van der Waals surface area contributed by atoms with Gasteiger partial charge in [0.25, 0.3) is 0 Å². The Morgan fingerprint density at radius 2 is 2.20 bits per heavy atom. The van der Waals surface area contributed by atoms with Crippen molar-refractivity contribution in [2.45, 2.75) is 51.6 Å². The summed E-state index contributed by atoms with van der Waals surface area (Å²) < 4.78 is 2.45. The molecular formula is C12H19N3. The van der Waals surface area contributed by atoms with Gasteiger partial charge in [-0.25, -0.2) is 4.98 Å². The number of hydrogen-bond acceptors (Lipinski definition) is 2. The lowest BCUT2D eigenvalue weighted by molar-refractivity contribution is 0.479. The van der Waals surface area contributed by atoms with Crippen LogP contribution in [0.3, 0.4) is 0 Å². The van der Waals surface area contributed by atoms with Crippen LogP contribution in [0.5, 0.6) is 0 Å². The molecule has 1 aromatic heterocycles. The molecule has 0 bridgehead atoms. The van der Waals surface area contributed by atoms with Crippen molar-refractivity contribution in [3.63, 3.8) is 0 Å². The topological polar surface area (TPSA) is 43.8 Å². The maximum absolute atomic E-state index is 5.78. The molecule has 2 aliphatic carbocycles. The molecule has 3 heteroatoms. The Balaban J connectivity index is 2.04. The molecule has 1 heterocycles. The Labute approximate surface area is 90.7 Å². The van der Waals surface area contributed by atoms with Crippen molar-refractivity contribution >= 4 is 0 Å². The molecule has 15 heavy (non-hydrogen) atoms. The van der Waals surface area contributed by atoms with Crippen molar-refractivity contribution < 1.29 is 0 Å². The highest BCUT2D eigenvalue weighted by molar-refractivity contribution is 5.23. The van der Waals surface area contributed by atoms with Crippen LogP contribution in [-0.4, -0.2) is 9.55 Å². The van der Waals surface area contributed by atoms with Gasteiger partial charge in [0.1, 0.15) is 5.82 Å². The minimum Gasteiger partial charge on any atom is -0.328 e. The number of nitrogens with zero attached hydrogens (tertiary/aromatic N) is 2. The summed E-state index contributed by atoms with van der Waals surface area (Å²) in [6.45, 7) is 2.92. The number of aromatic nitrogens is 2. The van der Waals surface area contributed by atoms with E-state index >= 15 is 0 Å². The number of hydrogen-bond donors (Lipinski definition) is 1. The van der Waals surface area contributed by atoms with Gasteiger partial charge >= 0.3 is 0 Å². The molecule has 1 aromatic rings. The third kappa shape index (κ3) is 1.49. The summed E-state index contributed by atoms with van der Waals surface area (Å²) >= 11 is 0. The van der Waals surface area contributed by atoms with E-state index in [1.807, 2.05) is 0 Å². The molecule has 0 aromatic carbocycles. The molecular weight excluding hydrogens is 186 g/mol. The average molecular weight is 205 g/mol. The maximum Gasteiger partial charge on any atom is 0.123 e. The molecule has 1 saturated carbocycles. The smallest absolute Gasteiger partial charge is 0.123 e. The largest absolute Gasteiger partial charge is 0.328 e. The molecule has 3 nitrogen and oxygen atoms in total.